The van der Waals surface area contributed by atoms with Crippen molar-refractivity contribution in [2.75, 3.05) is 0 Å². The summed E-state index contributed by atoms with van der Waals surface area (Å²) >= 11 is 0. The van der Waals surface area contributed by atoms with Gasteiger partial charge >= 0.3 is 0 Å². The van der Waals surface area contributed by atoms with E-state index in [0.29, 0.717) is 6.08 Å². The zero-order valence-corrected chi connectivity index (χ0v) is 6.31. The van der Waals surface area contributed by atoms with Crippen LogP contribution in [0, 0.1) is 0 Å². The lowest BCUT2D eigenvalue weighted by atomic mass is 10.5. The van der Waals surface area contributed by atoms with Crippen LogP contribution in [-0.2, 0) is 0 Å². The first-order chi connectivity index (χ1) is 5.59. The Morgan fingerprint density at radius 1 is 1.38 bits per heavy atom. The van der Waals surface area contributed by atoms with E-state index in [4.69, 9.17) is 0 Å². The van der Waals surface area contributed by atoms with E-state index in [1.165, 1.54) is 0 Å². The summed E-state index contributed by atoms with van der Waals surface area (Å²) in [5, 5.41) is 5.38. The highest BCUT2D eigenvalue weighted by atomic mass is 19.3. The third-order valence-electron chi connectivity index (χ3n) is 0.991. The maximum Gasteiger partial charge on any atom is 0.274 e. The molecule has 0 atom stereocenters. The number of rotatable bonds is 2. The lowest BCUT2D eigenvalue weighted by molar-refractivity contribution is 0.429. The molecule has 0 spiro atoms. The van der Waals surface area contributed by atoms with Crippen molar-refractivity contribution in [3.8, 4) is 0 Å². The maximum atomic E-state index is 12.2. The van der Waals surface area contributed by atoms with Crippen LogP contribution in [0.4, 0.5) is 13.2 Å². The second-order valence-corrected chi connectivity index (χ2v) is 1.88. The second-order valence-electron chi connectivity index (χ2n) is 1.88. The van der Waals surface area contributed by atoms with E-state index in [-0.39, 0.29) is 17.1 Å². The molecule has 1 heterocycles. The predicted molar refractivity (Wildman–Crippen MR) is 40.3 cm³/mol. The number of nitrogens with zero attached hydrogens (tertiary/aromatic N) is 2. The minimum absolute atomic E-state index is 0. The van der Waals surface area contributed by atoms with Crippen LogP contribution in [0.3, 0.4) is 0 Å². The van der Waals surface area contributed by atoms with Crippen LogP contribution in [0.2, 0.25) is 0 Å². The van der Waals surface area contributed by atoms with Gasteiger partial charge in [0, 0.05) is 6.08 Å². The highest BCUT2D eigenvalue weighted by molar-refractivity contribution is 5.50. The molecule has 0 bridgehead atoms. The molecule has 0 radical (unpaired) electrons. The van der Waals surface area contributed by atoms with Crippen molar-refractivity contribution >= 4 is 11.9 Å². The molecule has 1 aromatic heterocycles. The van der Waals surface area contributed by atoms with E-state index in [1.54, 1.807) is 0 Å². The predicted octanol–water partition coefficient (Wildman–Crippen LogP) is 1.16. The summed E-state index contributed by atoms with van der Waals surface area (Å²) in [7, 11) is 0. The van der Waals surface area contributed by atoms with Crippen molar-refractivity contribution in [1.29, 1.82) is 0 Å². The topological polar surface area (TPSA) is 73.1 Å². The average Bonchev–Trinajstić information content (AvgIpc) is 2.34. The molecule has 13 heavy (non-hydrogen) atoms. The van der Waals surface area contributed by atoms with Crippen LogP contribution < -0.4 is 0 Å². The fourth-order valence-electron chi connectivity index (χ4n) is 0.564. The first-order valence-corrected chi connectivity index (χ1v) is 2.89. The molecule has 7 heteroatoms. The quantitative estimate of drug-likeness (QED) is 0.765. The number of hydrogen-bond donors (Lipinski definition) is 1. The summed E-state index contributed by atoms with van der Waals surface area (Å²) in [5.41, 5.74) is 0. The number of H-pyrrole nitrogens is 1. The largest absolute Gasteiger partial charge is 0.412 e. The van der Waals surface area contributed by atoms with Crippen molar-refractivity contribution in [2.45, 2.75) is 0 Å². The molecule has 3 N–H and O–H groups in total. The monoisotopic (exact) mass is 193 g/mol. The highest BCUT2D eigenvalue weighted by Gasteiger charge is 2.04. The zero-order chi connectivity index (χ0) is 9.14. The van der Waals surface area contributed by atoms with Gasteiger partial charge < -0.3 is 5.48 Å². The number of aromatic nitrogens is 3. The SMILES string of the molecule is C=C(F)c1n[nH]c(C=C(F)F)n1.O. The summed E-state index contributed by atoms with van der Waals surface area (Å²) in [6.07, 6.45) is -1.48. The third-order valence-corrected chi connectivity index (χ3v) is 0.991. The van der Waals surface area contributed by atoms with E-state index < -0.39 is 11.9 Å². The van der Waals surface area contributed by atoms with Crippen molar-refractivity contribution in [2.24, 2.45) is 0 Å². The van der Waals surface area contributed by atoms with Crippen molar-refractivity contribution in [3.63, 3.8) is 0 Å². The molecule has 0 amide bonds. The number of halogens is 3. The molecule has 1 rings (SSSR count). The Balaban J connectivity index is 0.00000144. The standard InChI is InChI=1S/C6H4F3N3.H2O/c1-3(7)6-10-5(11-12-6)2-4(8)9;/h2H,1H2,(H,10,11,12);1H2. The summed E-state index contributed by atoms with van der Waals surface area (Å²) in [4.78, 5) is 3.35. The van der Waals surface area contributed by atoms with E-state index >= 15 is 0 Å². The van der Waals surface area contributed by atoms with Crippen LogP contribution >= 0.6 is 0 Å². The number of nitrogens with one attached hydrogen (secondary N) is 1. The highest BCUT2D eigenvalue weighted by Crippen LogP contribution is 2.09. The zero-order valence-electron chi connectivity index (χ0n) is 6.31. The fourth-order valence-corrected chi connectivity index (χ4v) is 0.564. The lowest BCUT2D eigenvalue weighted by Crippen LogP contribution is -1.78. The van der Waals surface area contributed by atoms with Crippen LogP contribution in [-0.4, -0.2) is 20.7 Å². The Hall–Kier alpha value is -1.63. The van der Waals surface area contributed by atoms with Crippen molar-refractivity contribution in [1.82, 2.24) is 15.2 Å². The molecule has 0 fully saturated rings. The minimum atomic E-state index is -1.93. The van der Waals surface area contributed by atoms with Crippen LogP contribution in [0.5, 0.6) is 0 Å². The average molecular weight is 193 g/mol. The summed E-state index contributed by atoms with van der Waals surface area (Å²) in [5.74, 6) is -1.39. The van der Waals surface area contributed by atoms with Gasteiger partial charge in [-0.2, -0.15) is 13.9 Å². The molecular weight excluding hydrogens is 187 g/mol. The maximum absolute atomic E-state index is 12.2. The molecule has 0 aliphatic rings. The van der Waals surface area contributed by atoms with E-state index in [0.717, 1.165) is 0 Å². The first kappa shape index (κ1) is 11.4. The van der Waals surface area contributed by atoms with E-state index in [9.17, 15) is 13.2 Å². The van der Waals surface area contributed by atoms with E-state index in [2.05, 4.69) is 21.8 Å². The molecule has 72 valence electrons. The molecule has 0 saturated carbocycles. The van der Waals surface area contributed by atoms with Crippen LogP contribution in [0.1, 0.15) is 11.6 Å². The van der Waals surface area contributed by atoms with Gasteiger partial charge in [-0.25, -0.2) is 9.37 Å². The molecular formula is C6H6F3N3O. The summed E-state index contributed by atoms with van der Waals surface area (Å²) in [6.45, 7) is 2.90. The molecule has 4 nitrogen and oxygen atoms in total. The number of hydrogen-bond acceptors (Lipinski definition) is 2. The van der Waals surface area contributed by atoms with Gasteiger partial charge in [0.1, 0.15) is 0 Å². The van der Waals surface area contributed by atoms with Crippen LogP contribution in [0.25, 0.3) is 11.9 Å². The van der Waals surface area contributed by atoms with Gasteiger partial charge in [-0.05, 0) is 0 Å². The molecule has 0 saturated heterocycles. The van der Waals surface area contributed by atoms with Gasteiger partial charge in [0.05, 0.1) is 0 Å². The Morgan fingerprint density at radius 2 is 2.00 bits per heavy atom. The number of aromatic amines is 1. The Morgan fingerprint density at radius 3 is 2.38 bits per heavy atom. The summed E-state index contributed by atoms with van der Waals surface area (Å²) < 4.78 is 35.4. The Labute approximate surface area is 71.1 Å². The first-order valence-electron chi connectivity index (χ1n) is 2.89. The van der Waals surface area contributed by atoms with Gasteiger partial charge in [0.2, 0.25) is 5.82 Å². The van der Waals surface area contributed by atoms with Gasteiger partial charge in [0.25, 0.3) is 6.08 Å². The van der Waals surface area contributed by atoms with Crippen molar-refractivity contribution < 1.29 is 18.6 Å². The van der Waals surface area contributed by atoms with Gasteiger partial charge in [-0.1, -0.05) is 6.58 Å². The van der Waals surface area contributed by atoms with Crippen molar-refractivity contribution in [3.05, 3.63) is 24.3 Å². The van der Waals surface area contributed by atoms with Gasteiger partial charge in [-0.15, -0.1) is 0 Å². The third kappa shape index (κ3) is 3.08. The second kappa shape index (κ2) is 4.41. The van der Waals surface area contributed by atoms with Gasteiger partial charge in [0.15, 0.2) is 11.7 Å². The molecule has 0 aliphatic heterocycles. The minimum Gasteiger partial charge on any atom is -0.412 e. The normalized spacial score (nSPS) is 8.85. The molecule has 1 aromatic rings. The smallest absolute Gasteiger partial charge is 0.274 e. The molecule has 0 aromatic carbocycles. The Bertz CT molecular complexity index is 330. The van der Waals surface area contributed by atoms with Crippen LogP contribution in [0.15, 0.2) is 12.7 Å². The summed E-state index contributed by atoms with van der Waals surface area (Å²) in [6, 6.07) is 0. The fraction of sp³-hybridized carbons (Fsp3) is 0. The lowest BCUT2D eigenvalue weighted by Gasteiger charge is -1.80. The molecule has 0 aliphatic carbocycles. The molecule has 0 unspecified atom stereocenters. The Kier molecular flexibility index (Phi) is 3.86. The van der Waals surface area contributed by atoms with Gasteiger partial charge in [-0.3, -0.25) is 5.10 Å². The van der Waals surface area contributed by atoms with E-state index in [1.807, 2.05) is 0 Å².